The first-order valence-corrected chi connectivity index (χ1v) is 6.87. The van der Waals surface area contributed by atoms with Crippen molar-refractivity contribution in [3.05, 3.63) is 6.07 Å². The fourth-order valence-electron chi connectivity index (χ4n) is 2.87. The maximum atomic E-state index is 6.26. The van der Waals surface area contributed by atoms with Crippen LogP contribution in [0.3, 0.4) is 0 Å². The summed E-state index contributed by atoms with van der Waals surface area (Å²) in [5.41, 5.74) is 12.1. The number of aromatic nitrogens is 2. The Morgan fingerprint density at radius 2 is 2.00 bits per heavy atom. The highest BCUT2D eigenvalue weighted by Gasteiger charge is 2.41. The lowest BCUT2D eigenvalue weighted by Gasteiger charge is -2.20. The molecule has 2 heterocycles. The minimum absolute atomic E-state index is 0.256. The third-order valence-electron chi connectivity index (χ3n) is 4.08. The van der Waals surface area contributed by atoms with Crippen LogP contribution in [-0.4, -0.2) is 43.2 Å². The zero-order valence-corrected chi connectivity index (χ0v) is 11.6. The third-order valence-corrected chi connectivity index (χ3v) is 4.08. The molecule has 0 aromatic carbocycles. The second-order valence-corrected chi connectivity index (χ2v) is 5.92. The number of hydrogen-bond acceptors (Lipinski definition) is 6. The average Bonchev–Trinajstić information content (AvgIpc) is 3.12. The van der Waals surface area contributed by atoms with E-state index >= 15 is 0 Å². The maximum absolute atomic E-state index is 6.26. The molecule has 0 amide bonds. The van der Waals surface area contributed by atoms with Crippen LogP contribution >= 0.6 is 0 Å². The minimum atomic E-state index is 0.256. The second-order valence-electron chi connectivity index (χ2n) is 5.92. The number of anilines is 3. The lowest BCUT2D eigenvalue weighted by atomic mass is 9.99. The van der Waals surface area contributed by atoms with Crippen molar-refractivity contribution < 1.29 is 0 Å². The van der Waals surface area contributed by atoms with Crippen LogP contribution in [0, 0.1) is 11.8 Å². The number of rotatable bonds is 3. The van der Waals surface area contributed by atoms with Crippen LogP contribution in [0.15, 0.2) is 6.07 Å². The summed E-state index contributed by atoms with van der Waals surface area (Å²) in [4.78, 5) is 12.9. The Morgan fingerprint density at radius 3 is 2.63 bits per heavy atom. The van der Waals surface area contributed by atoms with Crippen LogP contribution in [0.25, 0.3) is 0 Å². The highest BCUT2D eigenvalue weighted by Crippen LogP contribution is 2.41. The van der Waals surface area contributed by atoms with Crippen molar-refractivity contribution in [1.82, 2.24) is 9.97 Å². The van der Waals surface area contributed by atoms with E-state index in [1.807, 2.05) is 25.1 Å². The second kappa shape index (κ2) is 4.52. The quantitative estimate of drug-likeness (QED) is 0.815. The molecule has 104 valence electrons. The Hall–Kier alpha value is -1.56. The molecule has 1 saturated carbocycles. The summed E-state index contributed by atoms with van der Waals surface area (Å²) >= 11 is 0. The van der Waals surface area contributed by atoms with Gasteiger partial charge >= 0.3 is 0 Å². The standard InChI is InChI=1S/C13H22N6/c1-18(2)13-16-11(15)5-12(17-13)19-6-9(8-3-4-8)10(14)7-19/h5,8-10H,3-4,6-7,14H2,1-2H3,(H2,15,16,17)/t9-,10+/m0/s1. The number of hydrogen-bond donors (Lipinski definition) is 2. The summed E-state index contributed by atoms with van der Waals surface area (Å²) in [6.07, 6.45) is 2.67. The molecule has 1 aliphatic heterocycles. The van der Waals surface area contributed by atoms with Gasteiger partial charge in [0.25, 0.3) is 0 Å². The van der Waals surface area contributed by atoms with Crippen LogP contribution in [0.1, 0.15) is 12.8 Å². The largest absolute Gasteiger partial charge is 0.383 e. The first-order valence-electron chi connectivity index (χ1n) is 6.87. The van der Waals surface area contributed by atoms with Gasteiger partial charge in [-0.3, -0.25) is 0 Å². The molecule has 1 aliphatic carbocycles. The highest BCUT2D eigenvalue weighted by atomic mass is 15.3. The lowest BCUT2D eigenvalue weighted by molar-refractivity contribution is 0.456. The third kappa shape index (κ3) is 2.45. The fraction of sp³-hybridized carbons (Fsp3) is 0.692. The van der Waals surface area contributed by atoms with Gasteiger partial charge in [0.1, 0.15) is 11.6 Å². The van der Waals surface area contributed by atoms with Gasteiger partial charge in [0.05, 0.1) is 0 Å². The molecular weight excluding hydrogens is 240 g/mol. The Morgan fingerprint density at radius 1 is 1.26 bits per heavy atom. The van der Waals surface area contributed by atoms with E-state index in [2.05, 4.69) is 14.9 Å². The average molecular weight is 262 g/mol. The van der Waals surface area contributed by atoms with Crippen molar-refractivity contribution in [2.75, 3.05) is 42.7 Å². The molecule has 19 heavy (non-hydrogen) atoms. The molecule has 2 fully saturated rings. The predicted molar refractivity (Wildman–Crippen MR) is 77.2 cm³/mol. The number of nitrogen functional groups attached to an aromatic ring is 1. The Labute approximate surface area is 113 Å². The molecule has 6 nitrogen and oxygen atoms in total. The molecule has 6 heteroatoms. The maximum Gasteiger partial charge on any atom is 0.228 e. The summed E-state index contributed by atoms with van der Waals surface area (Å²) in [5.74, 6) is 3.50. The summed E-state index contributed by atoms with van der Waals surface area (Å²) in [6.45, 7) is 1.86. The van der Waals surface area contributed by atoms with Crippen molar-refractivity contribution in [3.8, 4) is 0 Å². The fourth-order valence-corrected chi connectivity index (χ4v) is 2.87. The van der Waals surface area contributed by atoms with Crippen molar-refractivity contribution in [1.29, 1.82) is 0 Å². The SMILES string of the molecule is CN(C)c1nc(N)cc(N2C[C@@H](N)[C@H](C3CC3)C2)n1. The molecule has 3 rings (SSSR count). The Kier molecular flexibility index (Phi) is 2.97. The van der Waals surface area contributed by atoms with Crippen LogP contribution in [0.2, 0.25) is 0 Å². The summed E-state index contributed by atoms with van der Waals surface area (Å²) in [6, 6.07) is 2.10. The molecular formula is C13H22N6. The monoisotopic (exact) mass is 262 g/mol. The molecule has 0 spiro atoms. The molecule has 0 bridgehead atoms. The topological polar surface area (TPSA) is 84.3 Å². The molecule has 0 radical (unpaired) electrons. The van der Waals surface area contributed by atoms with Gasteiger partial charge in [-0.2, -0.15) is 9.97 Å². The molecule has 2 aliphatic rings. The van der Waals surface area contributed by atoms with Crippen molar-refractivity contribution >= 4 is 17.6 Å². The molecule has 1 saturated heterocycles. The van der Waals surface area contributed by atoms with E-state index in [0.717, 1.165) is 24.8 Å². The molecule has 1 aromatic rings. The van der Waals surface area contributed by atoms with Crippen molar-refractivity contribution in [2.45, 2.75) is 18.9 Å². The summed E-state index contributed by atoms with van der Waals surface area (Å²) in [5, 5.41) is 0. The van der Waals surface area contributed by atoms with Crippen LogP contribution in [-0.2, 0) is 0 Å². The summed E-state index contributed by atoms with van der Waals surface area (Å²) < 4.78 is 0. The minimum Gasteiger partial charge on any atom is -0.383 e. The van der Waals surface area contributed by atoms with E-state index in [0.29, 0.717) is 17.7 Å². The predicted octanol–water partition coefficient (Wildman–Crippen LogP) is 0.298. The van der Waals surface area contributed by atoms with E-state index in [-0.39, 0.29) is 6.04 Å². The van der Waals surface area contributed by atoms with Crippen LogP contribution in [0.4, 0.5) is 17.6 Å². The number of nitrogens with two attached hydrogens (primary N) is 2. The normalized spacial score (nSPS) is 26.8. The molecule has 4 N–H and O–H groups in total. The van der Waals surface area contributed by atoms with Gasteiger partial charge in [-0.25, -0.2) is 0 Å². The number of nitrogens with zero attached hydrogens (tertiary/aromatic N) is 4. The zero-order valence-electron chi connectivity index (χ0n) is 11.6. The van der Waals surface area contributed by atoms with E-state index in [4.69, 9.17) is 11.5 Å². The van der Waals surface area contributed by atoms with Crippen LogP contribution in [0.5, 0.6) is 0 Å². The Balaban J connectivity index is 1.82. The molecule has 0 unspecified atom stereocenters. The first-order chi connectivity index (χ1) is 9.04. The van der Waals surface area contributed by atoms with E-state index in [1.54, 1.807) is 0 Å². The van der Waals surface area contributed by atoms with E-state index in [9.17, 15) is 0 Å². The lowest BCUT2D eigenvalue weighted by Crippen LogP contribution is -2.30. The summed E-state index contributed by atoms with van der Waals surface area (Å²) in [7, 11) is 3.84. The van der Waals surface area contributed by atoms with Gasteiger partial charge in [0.2, 0.25) is 5.95 Å². The van der Waals surface area contributed by atoms with Gasteiger partial charge in [-0.05, 0) is 24.7 Å². The van der Waals surface area contributed by atoms with Crippen molar-refractivity contribution in [2.24, 2.45) is 17.6 Å². The molecule has 1 aromatic heterocycles. The first kappa shape index (κ1) is 12.5. The van der Waals surface area contributed by atoms with Gasteiger partial charge in [0.15, 0.2) is 0 Å². The van der Waals surface area contributed by atoms with Crippen LogP contribution < -0.4 is 21.3 Å². The van der Waals surface area contributed by atoms with Gasteiger partial charge in [0, 0.05) is 39.3 Å². The van der Waals surface area contributed by atoms with Gasteiger partial charge < -0.3 is 21.3 Å². The Bertz CT molecular complexity index is 470. The zero-order chi connectivity index (χ0) is 13.6. The smallest absolute Gasteiger partial charge is 0.228 e. The highest BCUT2D eigenvalue weighted by molar-refractivity contribution is 5.53. The van der Waals surface area contributed by atoms with Crippen molar-refractivity contribution in [3.63, 3.8) is 0 Å². The van der Waals surface area contributed by atoms with Gasteiger partial charge in [-0.1, -0.05) is 0 Å². The molecule has 2 atom stereocenters. The van der Waals surface area contributed by atoms with E-state index < -0.39 is 0 Å². The van der Waals surface area contributed by atoms with E-state index in [1.165, 1.54) is 12.8 Å². The van der Waals surface area contributed by atoms with Gasteiger partial charge in [-0.15, -0.1) is 0 Å².